The van der Waals surface area contributed by atoms with Crippen molar-refractivity contribution in [1.29, 1.82) is 0 Å². The van der Waals surface area contributed by atoms with Gasteiger partial charge in [-0.15, -0.1) is 11.3 Å². The number of aromatic nitrogens is 1. The summed E-state index contributed by atoms with van der Waals surface area (Å²) in [7, 11) is -0.963. The molecule has 2 N–H and O–H groups in total. The molecule has 3 nitrogen and oxygen atoms in total. The number of hydrogen-bond donors (Lipinski definition) is 1. The zero-order valence-electron chi connectivity index (χ0n) is 11.0. The maximum Gasteiger partial charge on any atom is 0.182 e. The summed E-state index contributed by atoms with van der Waals surface area (Å²) in [5, 5.41) is 0.279. The van der Waals surface area contributed by atoms with Crippen LogP contribution in [0.5, 0.6) is 0 Å². The summed E-state index contributed by atoms with van der Waals surface area (Å²) in [4.78, 5) is 4.52. The molecule has 2 aromatic rings. The molecule has 1 aromatic carbocycles. The number of anilines is 1. The third-order valence-corrected chi connectivity index (χ3v) is 6.78. The Morgan fingerprint density at radius 2 is 2.26 bits per heavy atom. The molecule has 1 aromatic heterocycles. The van der Waals surface area contributed by atoms with Crippen molar-refractivity contribution >= 4 is 38.0 Å². The predicted molar refractivity (Wildman–Crippen MR) is 81.9 cm³/mol. The molecule has 0 aliphatic heterocycles. The molecule has 3 unspecified atom stereocenters. The van der Waals surface area contributed by atoms with Crippen LogP contribution in [0.15, 0.2) is 22.5 Å². The van der Waals surface area contributed by atoms with Crippen LogP contribution in [-0.2, 0) is 10.8 Å². The van der Waals surface area contributed by atoms with Gasteiger partial charge in [0.05, 0.1) is 21.0 Å². The van der Waals surface area contributed by atoms with Crippen LogP contribution in [0.25, 0.3) is 10.2 Å². The minimum atomic E-state index is -0.963. The van der Waals surface area contributed by atoms with E-state index in [1.165, 1.54) is 24.2 Å². The predicted octanol–water partition coefficient (Wildman–Crippen LogP) is 3.56. The summed E-state index contributed by atoms with van der Waals surface area (Å²) in [5.74, 6) is 0.688. The van der Waals surface area contributed by atoms with E-state index in [0.717, 1.165) is 33.1 Å². The highest BCUT2D eigenvalue weighted by atomic mass is 32.2. The van der Waals surface area contributed by atoms with E-state index in [1.807, 2.05) is 18.2 Å². The summed E-state index contributed by atoms with van der Waals surface area (Å²) in [6.07, 6.45) is 4.58. The average Bonchev–Trinajstić information content (AvgIpc) is 2.80. The van der Waals surface area contributed by atoms with Gasteiger partial charge in [0.15, 0.2) is 4.34 Å². The number of rotatable bonds is 2. The zero-order valence-corrected chi connectivity index (χ0v) is 12.6. The summed E-state index contributed by atoms with van der Waals surface area (Å²) in [6.45, 7) is 2.25. The molecule has 1 fully saturated rings. The highest BCUT2D eigenvalue weighted by Crippen LogP contribution is 2.33. The molecule has 3 atom stereocenters. The Morgan fingerprint density at radius 3 is 3.05 bits per heavy atom. The molecule has 5 heteroatoms. The lowest BCUT2D eigenvalue weighted by molar-refractivity contribution is 0.389. The van der Waals surface area contributed by atoms with Crippen LogP contribution < -0.4 is 5.73 Å². The zero-order chi connectivity index (χ0) is 13.4. The number of nitrogens with two attached hydrogens (primary N) is 1. The summed E-state index contributed by atoms with van der Waals surface area (Å²) in [6, 6.07) is 5.67. The van der Waals surface area contributed by atoms with E-state index in [2.05, 4.69) is 11.9 Å². The molecule has 0 bridgehead atoms. The molecular weight excluding hydrogens is 276 g/mol. The molecule has 1 aliphatic carbocycles. The molecule has 3 rings (SSSR count). The van der Waals surface area contributed by atoms with E-state index in [9.17, 15) is 4.21 Å². The van der Waals surface area contributed by atoms with Crippen LogP contribution in [-0.4, -0.2) is 14.4 Å². The van der Waals surface area contributed by atoms with Gasteiger partial charge in [-0.3, -0.25) is 4.21 Å². The van der Waals surface area contributed by atoms with Crippen molar-refractivity contribution in [2.45, 2.75) is 42.2 Å². The molecule has 0 amide bonds. The monoisotopic (exact) mass is 294 g/mol. The topological polar surface area (TPSA) is 56.0 Å². The second-order valence-electron chi connectivity index (χ2n) is 5.40. The van der Waals surface area contributed by atoms with Gasteiger partial charge < -0.3 is 5.73 Å². The fraction of sp³-hybridized carbons (Fsp3) is 0.500. The van der Waals surface area contributed by atoms with Crippen LogP contribution in [0.4, 0.5) is 5.69 Å². The molecule has 0 saturated heterocycles. The first-order chi connectivity index (χ1) is 9.13. The molecule has 1 aliphatic rings. The Balaban J connectivity index is 1.88. The Bertz CT molecular complexity index is 623. The van der Waals surface area contributed by atoms with E-state index < -0.39 is 10.8 Å². The van der Waals surface area contributed by atoms with Crippen LogP contribution in [0.1, 0.15) is 32.6 Å². The Morgan fingerprint density at radius 1 is 1.42 bits per heavy atom. The van der Waals surface area contributed by atoms with Gasteiger partial charge in [-0.2, -0.15) is 0 Å². The summed E-state index contributed by atoms with van der Waals surface area (Å²) < 4.78 is 14.4. The van der Waals surface area contributed by atoms with Gasteiger partial charge in [0.1, 0.15) is 0 Å². The van der Waals surface area contributed by atoms with Gasteiger partial charge in [-0.05, 0) is 37.0 Å². The van der Waals surface area contributed by atoms with Gasteiger partial charge in [0, 0.05) is 10.9 Å². The van der Waals surface area contributed by atoms with Crippen LogP contribution >= 0.6 is 11.3 Å². The number of thiazole rings is 1. The van der Waals surface area contributed by atoms with Crippen LogP contribution in [0.3, 0.4) is 0 Å². The van der Waals surface area contributed by atoms with Gasteiger partial charge in [0.25, 0.3) is 0 Å². The van der Waals surface area contributed by atoms with E-state index in [4.69, 9.17) is 5.73 Å². The molecule has 1 heterocycles. The second-order valence-corrected chi connectivity index (χ2v) is 8.34. The molecular formula is C14H18N2OS2. The minimum Gasteiger partial charge on any atom is -0.399 e. The molecule has 1 saturated carbocycles. The van der Waals surface area contributed by atoms with Crippen molar-refractivity contribution < 1.29 is 4.21 Å². The number of hydrogen-bond acceptors (Lipinski definition) is 4. The van der Waals surface area contributed by atoms with Crippen LogP contribution in [0, 0.1) is 5.92 Å². The summed E-state index contributed by atoms with van der Waals surface area (Å²) in [5.41, 5.74) is 7.42. The van der Waals surface area contributed by atoms with Crippen LogP contribution in [0.2, 0.25) is 0 Å². The van der Waals surface area contributed by atoms with Crippen molar-refractivity contribution in [2.24, 2.45) is 5.92 Å². The van der Waals surface area contributed by atoms with Gasteiger partial charge in [-0.1, -0.05) is 19.8 Å². The first kappa shape index (κ1) is 13.1. The maximum atomic E-state index is 12.6. The van der Waals surface area contributed by atoms with Crippen molar-refractivity contribution in [3.8, 4) is 0 Å². The Kier molecular flexibility index (Phi) is 3.58. The number of fused-ring (bicyclic) bond motifs is 1. The van der Waals surface area contributed by atoms with Crippen molar-refractivity contribution in [1.82, 2.24) is 4.98 Å². The number of nitrogens with zero attached hydrogens (tertiary/aromatic N) is 1. The first-order valence-electron chi connectivity index (χ1n) is 6.70. The lowest BCUT2D eigenvalue weighted by atomic mass is 9.91. The first-order valence-corrected chi connectivity index (χ1v) is 8.73. The fourth-order valence-corrected chi connectivity index (χ4v) is 5.83. The smallest absolute Gasteiger partial charge is 0.182 e. The van der Waals surface area contributed by atoms with Gasteiger partial charge >= 0.3 is 0 Å². The Hall–Kier alpha value is -0.940. The minimum absolute atomic E-state index is 0.279. The number of nitrogen functional groups attached to an aromatic ring is 1. The largest absolute Gasteiger partial charge is 0.399 e. The molecule has 19 heavy (non-hydrogen) atoms. The van der Waals surface area contributed by atoms with E-state index >= 15 is 0 Å². The third-order valence-electron chi connectivity index (χ3n) is 3.76. The lowest BCUT2D eigenvalue weighted by Gasteiger charge is -2.25. The second kappa shape index (κ2) is 5.21. The normalized spacial score (nSPS) is 25.5. The third kappa shape index (κ3) is 2.67. The van der Waals surface area contributed by atoms with Crippen molar-refractivity contribution in [2.75, 3.05) is 5.73 Å². The molecule has 0 spiro atoms. The van der Waals surface area contributed by atoms with E-state index in [0.29, 0.717) is 5.92 Å². The van der Waals surface area contributed by atoms with E-state index in [1.54, 1.807) is 0 Å². The lowest BCUT2D eigenvalue weighted by Crippen LogP contribution is -2.23. The van der Waals surface area contributed by atoms with Crippen molar-refractivity contribution in [3.05, 3.63) is 18.2 Å². The molecule has 0 radical (unpaired) electrons. The molecule has 102 valence electrons. The number of benzene rings is 1. The highest BCUT2D eigenvalue weighted by Gasteiger charge is 2.26. The van der Waals surface area contributed by atoms with Crippen molar-refractivity contribution in [3.63, 3.8) is 0 Å². The quantitative estimate of drug-likeness (QED) is 0.862. The summed E-state index contributed by atoms with van der Waals surface area (Å²) >= 11 is 1.52. The maximum absolute atomic E-state index is 12.6. The van der Waals surface area contributed by atoms with E-state index in [-0.39, 0.29) is 5.25 Å². The SMILES string of the molecule is CC1CCCC(S(=O)c2nc3ccc(N)cc3s2)C1. The average molecular weight is 294 g/mol. The Labute approximate surface area is 119 Å². The fourth-order valence-electron chi connectivity index (χ4n) is 2.72. The van der Waals surface area contributed by atoms with Gasteiger partial charge in [-0.25, -0.2) is 4.98 Å². The highest BCUT2D eigenvalue weighted by molar-refractivity contribution is 7.88. The standard InChI is InChI=1S/C14H18N2OS2/c1-9-3-2-4-11(7-9)19(17)14-16-12-6-5-10(15)8-13(12)18-14/h5-6,8-9,11H,2-4,7,15H2,1H3. The van der Waals surface area contributed by atoms with Gasteiger partial charge in [0.2, 0.25) is 0 Å².